The Hall–Kier alpha value is -0.560. The van der Waals surface area contributed by atoms with Crippen LogP contribution in [0.25, 0.3) is 0 Å². The lowest BCUT2D eigenvalue weighted by molar-refractivity contribution is 0.916. The van der Waals surface area contributed by atoms with Crippen LogP contribution in [-0.4, -0.2) is 0 Å². The Morgan fingerprint density at radius 3 is 2.83 bits per heavy atom. The number of hydrogen-bond acceptors (Lipinski definition) is 0. The molecular formula is C11H12Br. The minimum Gasteiger partial charge on any atom is -0.0905 e. The van der Waals surface area contributed by atoms with Gasteiger partial charge in [0, 0.05) is 4.47 Å². The highest BCUT2D eigenvalue weighted by Gasteiger charge is 1.98. The van der Waals surface area contributed by atoms with E-state index in [0.717, 1.165) is 22.9 Å². The molecule has 1 radical (unpaired) electrons. The lowest BCUT2D eigenvalue weighted by Crippen LogP contribution is -1.88. The van der Waals surface area contributed by atoms with Crippen molar-refractivity contribution in [2.45, 2.75) is 19.8 Å². The van der Waals surface area contributed by atoms with Crippen LogP contribution in [0.4, 0.5) is 0 Å². The maximum Gasteiger partial charge on any atom is 0.0181 e. The summed E-state index contributed by atoms with van der Waals surface area (Å²) in [6.07, 6.45) is 5.21. The second kappa shape index (κ2) is 4.46. The van der Waals surface area contributed by atoms with Crippen molar-refractivity contribution >= 4 is 15.9 Å². The van der Waals surface area contributed by atoms with Crippen LogP contribution in [0.3, 0.4) is 0 Å². The maximum absolute atomic E-state index is 3.67. The van der Waals surface area contributed by atoms with Crippen molar-refractivity contribution in [3.63, 3.8) is 0 Å². The van der Waals surface area contributed by atoms with Gasteiger partial charge in [-0.1, -0.05) is 41.9 Å². The van der Waals surface area contributed by atoms with Crippen LogP contribution in [0.15, 0.2) is 29.3 Å². The minimum atomic E-state index is 1.09. The summed E-state index contributed by atoms with van der Waals surface area (Å²) < 4.78 is 1.09. The SMILES string of the molecule is C=[C]c1cc(Br)ccc1CCC. The highest BCUT2D eigenvalue weighted by atomic mass is 79.9. The second-order valence-electron chi connectivity index (χ2n) is 2.73. The van der Waals surface area contributed by atoms with Crippen LogP contribution in [0.2, 0.25) is 0 Å². The Kier molecular flexibility index (Phi) is 3.54. The molecular weight excluding hydrogens is 212 g/mol. The molecule has 1 aromatic carbocycles. The summed E-state index contributed by atoms with van der Waals surface area (Å²) in [5.41, 5.74) is 2.45. The van der Waals surface area contributed by atoms with E-state index >= 15 is 0 Å². The van der Waals surface area contributed by atoms with E-state index in [1.54, 1.807) is 0 Å². The van der Waals surface area contributed by atoms with Gasteiger partial charge in [-0.2, -0.15) is 0 Å². The summed E-state index contributed by atoms with van der Waals surface area (Å²) in [4.78, 5) is 0. The third-order valence-corrected chi connectivity index (χ3v) is 2.27. The Labute approximate surface area is 82.4 Å². The number of halogens is 1. The summed E-state index contributed by atoms with van der Waals surface area (Å²) in [5.74, 6) is 0. The molecule has 0 saturated carbocycles. The Morgan fingerprint density at radius 1 is 1.50 bits per heavy atom. The fourth-order valence-corrected chi connectivity index (χ4v) is 1.56. The van der Waals surface area contributed by atoms with E-state index in [4.69, 9.17) is 0 Å². The van der Waals surface area contributed by atoms with E-state index in [-0.39, 0.29) is 0 Å². The molecule has 0 aliphatic rings. The zero-order valence-electron chi connectivity index (χ0n) is 7.23. The van der Waals surface area contributed by atoms with Gasteiger partial charge in [0.2, 0.25) is 0 Å². The molecule has 0 fully saturated rings. The molecule has 1 aromatic rings. The predicted molar refractivity (Wildman–Crippen MR) is 56.1 cm³/mol. The summed E-state index contributed by atoms with van der Waals surface area (Å²) in [6.45, 7) is 5.84. The zero-order valence-corrected chi connectivity index (χ0v) is 8.82. The lowest BCUT2D eigenvalue weighted by atomic mass is 10.0. The number of aryl methyl sites for hydroxylation is 1. The van der Waals surface area contributed by atoms with Crippen molar-refractivity contribution in [3.05, 3.63) is 46.5 Å². The first-order valence-electron chi connectivity index (χ1n) is 4.09. The fraction of sp³-hybridized carbons (Fsp3) is 0.273. The molecule has 0 bridgehead atoms. The average Bonchev–Trinajstić information content (AvgIpc) is 2.08. The first kappa shape index (κ1) is 9.53. The first-order chi connectivity index (χ1) is 5.77. The van der Waals surface area contributed by atoms with Crippen LogP contribution in [0.5, 0.6) is 0 Å². The van der Waals surface area contributed by atoms with Crippen molar-refractivity contribution in [3.8, 4) is 0 Å². The topological polar surface area (TPSA) is 0 Å². The van der Waals surface area contributed by atoms with E-state index < -0.39 is 0 Å². The Bertz CT molecular complexity index is 276. The monoisotopic (exact) mass is 223 g/mol. The van der Waals surface area contributed by atoms with Crippen LogP contribution in [0.1, 0.15) is 24.5 Å². The molecule has 0 nitrogen and oxygen atoms in total. The van der Waals surface area contributed by atoms with Gasteiger partial charge >= 0.3 is 0 Å². The predicted octanol–water partition coefficient (Wildman–Crippen LogP) is 3.74. The van der Waals surface area contributed by atoms with Gasteiger partial charge in [-0.15, -0.1) is 0 Å². The van der Waals surface area contributed by atoms with Gasteiger partial charge in [0.15, 0.2) is 0 Å². The van der Waals surface area contributed by atoms with E-state index in [0.29, 0.717) is 0 Å². The number of benzene rings is 1. The molecule has 63 valence electrons. The molecule has 0 amide bonds. The van der Waals surface area contributed by atoms with E-state index in [1.165, 1.54) is 5.56 Å². The maximum atomic E-state index is 3.67. The molecule has 0 aromatic heterocycles. The number of hydrogen-bond donors (Lipinski definition) is 0. The molecule has 0 saturated heterocycles. The minimum absolute atomic E-state index is 1.09. The van der Waals surface area contributed by atoms with Crippen molar-refractivity contribution in [1.29, 1.82) is 0 Å². The first-order valence-corrected chi connectivity index (χ1v) is 4.88. The van der Waals surface area contributed by atoms with Gasteiger partial charge in [-0.3, -0.25) is 0 Å². The van der Waals surface area contributed by atoms with Gasteiger partial charge in [-0.25, -0.2) is 0 Å². The quantitative estimate of drug-likeness (QED) is 0.733. The van der Waals surface area contributed by atoms with Crippen LogP contribution >= 0.6 is 15.9 Å². The molecule has 0 aliphatic heterocycles. The third kappa shape index (κ3) is 2.21. The Morgan fingerprint density at radius 2 is 2.25 bits per heavy atom. The van der Waals surface area contributed by atoms with Crippen LogP contribution in [0, 0.1) is 6.08 Å². The van der Waals surface area contributed by atoms with Crippen molar-refractivity contribution < 1.29 is 0 Å². The molecule has 0 N–H and O–H groups in total. The van der Waals surface area contributed by atoms with Gasteiger partial charge in [-0.05, 0) is 35.8 Å². The van der Waals surface area contributed by atoms with Crippen molar-refractivity contribution in [2.75, 3.05) is 0 Å². The van der Waals surface area contributed by atoms with E-state index in [1.807, 2.05) is 0 Å². The normalized spacial score (nSPS) is 9.83. The molecule has 0 spiro atoms. The van der Waals surface area contributed by atoms with Crippen LogP contribution in [-0.2, 0) is 6.42 Å². The lowest BCUT2D eigenvalue weighted by Gasteiger charge is -2.03. The van der Waals surface area contributed by atoms with Gasteiger partial charge < -0.3 is 0 Å². The molecule has 0 aliphatic carbocycles. The number of rotatable bonds is 3. The van der Waals surface area contributed by atoms with Gasteiger partial charge in [0.1, 0.15) is 0 Å². The van der Waals surface area contributed by atoms with E-state index in [9.17, 15) is 0 Å². The Balaban J connectivity index is 3.02. The molecule has 0 heterocycles. The van der Waals surface area contributed by atoms with Crippen LogP contribution < -0.4 is 0 Å². The fourth-order valence-electron chi connectivity index (χ4n) is 1.20. The zero-order chi connectivity index (χ0) is 8.97. The van der Waals surface area contributed by atoms with Gasteiger partial charge in [0.05, 0.1) is 0 Å². The molecule has 1 heteroatoms. The molecule has 0 unspecified atom stereocenters. The summed E-state index contributed by atoms with van der Waals surface area (Å²) in [5, 5.41) is 0. The standard InChI is InChI=1S/C11H12Br/c1-3-5-10-6-7-11(12)8-9(10)4-2/h6-8H,2-3,5H2,1H3. The highest BCUT2D eigenvalue weighted by molar-refractivity contribution is 9.10. The third-order valence-electron chi connectivity index (χ3n) is 1.78. The average molecular weight is 224 g/mol. The second-order valence-corrected chi connectivity index (χ2v) is 3.64. The summed E-state index contributed by atoms with van der Waals surface area (Å²) in [6, 6.07) is 6.24. The summed E-state index contributed by atoms with van der Waals surface area (Å²) in [7, 11) is 0. The van der Waals surface area contributed by atoms with Gasteiger partial charge in [0.25, 0.3) is 0 Å². The molecule has 0 atom stereocenters. The smallest absolute Gasteiger partial charge is 0.0181 e. The van der Waals surface area contributed by atoms with Crippen molar-refractivity contribution in [2.24, 2.45) is 0 Å². The van der Waals surface area contributed by atoms with E-state index in [2.05, 4.69) is 53.7 Å². The molecule has 1 rings (SSSR count). The van der Waals surface area contributed by atoms with Crippen molar-refractivity contribution in [1.82, 2.24) is 0 Å². The largest absolute Gasteiger partial charge is 0.0905 e. The highest BCUT2D eigenvalue weighted by Crippen LogP contribution is 2.17. The molecule has 12 heavy (non-hydrogen) atoms. The summed E-state index contributed by atoms with van der Waals surface area (Å²) >= 11 is 3.42.